The number of nitrogens with zero attached hydrogens (tertiary/aromatic N) is 2. The van der Waals surface area contributed by atoms with Gasteiger partial charge in [-0.3, -0.25) is 14.4 Å². The summed E-state index contributed by atoms with van der Waals surface area (Å²) in [4.78, 5) is 36.6. The van der Waals surface area contributed by atoms with Crippen LogP contribution in [0, 0.1) is 18.3 Å². The molecule has 1 aromatic carbocycles. The summed E-state index contributed by atoms with van der Waals surface area (Å²) in [7, 11) is 2.95. The maximum absolute atomic E-state index is 12.6. The van der Waals surface area contributed by atoms with Crippen molar-refractivity contribution in [2.24, 2.45) is 0 Å². The highest BCUT2D eigenvalue weighted by molar-refractivity contribution is 5.99. The Morgan fingerprint density at radius 2 is 1.90 bits per heavy atom. The lowest BCUT2D eigenvalue weighted by Gasteiger charge is -2.15. The van der Waals surface area contributed by atoms with Gasteiger partial charge in [0.1, 0.15) is 23.9 Å². The van der Waals surface area contributed by atoms with E-state index in [1.165, 1.54) is 25.7 Å². The molecule has 0 fully saturated rings. The lowest BCUT2D eigenvalue weighted by molar-refractivity contribution is -0.117. The first kappa shape index (κ1) is 21.7. The Hall–Kier alpha value is -3.64. The van der Waals surface area contributed by atoms with E-state index in [2.05, 4.69) is 10.6 Å². The summed E-state index contributed by atoms with van der Waals surface area (Å²) >= 11 is 0. The normalized spacial score (nSPS) is 10.2. The summed E-state index contributed by atoms with van der Waals surface area (Å²) in [6, 6.07) is 8.32. The highest BCUT2D eigenvalue weighted by Gasteiger charge is 2.16. The molecule has 0 aliphatic heterocycles. The number of hydrogen-bond acceptors (Lipinski definition) is 6. The van der Waals surface area contributed by atoms with Gasteiger partial charge in [0.2, 0.25) is 11.8 Å². The van der Waals surface area contributed by atoms with Crippen LogP contribution in [0.2, 0.25) is 0 Å². The van der Waals surface area contributed by atoms with Crippen LogP contribution in [0.3, 0.4) is 0 Å². The Balaban J connectivity index is 2.34. The first-order chi connectivity index (χ1) is 13.8. The summed E-state index contributed by atoms with van der Waals surface area (Å²) in [6.45, 7) is 2.84. The van der Waals surface area contributed by atoms with Crippen LogP contribution in [0.15, 0.2) is 29.1 Å². The van der Waals surface area contributed by atoms with Crippen molar-refractivity contribution in [1.29, 1.82) is 5.26 Å². The summed E-state index contributed by atoms with van der Waals surface area (Å²) < 4.78 is 11.4. The van der Waals surface area contributed by atoms with Crippen molar-refractivity contribution in [3.63, 3.8) is 0 Å². The molecule has 0 unspecified atom stereocenters. The molecule has 2 amide bonds. The van der Waals surface area contributed by atoms with Gasteiger partial charge < -0.3 is 24.7 Å². The van der Waals surface area contributed by atoms with Crippen LogP contribution < -0.4 is 20.9 Å². The molecule has 152 valence electrons. The number of methoxy groups -OCH3 is 2. The van der Waals surface area contributed by atoms with Crippen molar-refractivity contribution >= 4 is 23.2 Å². The van der Waals surface area contributed by atoms with Crippen LogP contribution in [0.25, 0.3) is 0 Å². The molecule has 0 saturated heterocycles. The number of benzene rings is 1. The Morgan fingerprint density at radius 3 is 2.48 bits per heavy atom. The fraction of sp³-hybridized carbons (Fsp3) is 0.300. The maximum atomic E-state index is 12.6. The molecule has 0 aliphatic carbocycles. The minimum Gasteiger partial charge on any atom is -0.497 e. The Kier molecular flexibility index (Phi) is 7.11. The largest absolute Gasteiger partial charge is 0.497 e. The molecule has 29 heavy (non-hydrogen) atoms. The summed E-state index contributed by atoms with van der Waals surface area (Å²) in [5, 5.41) is 14.6. The van der Waals surface area contributed by atoms with Gasteiger partial charge in [0.25, 0.3) is 5.56 Å². The zero-order valence-corrected chi connectivity index (χ0v) is 16.7. The van der Waals surface area contributed by atoms with Crippen molar-refractivity contribution < 1.29 is 19.1 Å². The number of nitrogens with one attached hydrogen (secondary N) is 2. The molecule has 0 atom stereocenters. The first-order valence-electron chi connectivity index (χ1n) is 8.68. The van der Waals surface area contributed by atoms with E-state index in [-0.39, 0.29) is 24.6 Å². The number of ether oxygens (including phenoxy) is 2. The van der Waals surface area contributed by atoms with Crippen LogP contribution in [-0.4, -0.2) is 30.6 Å². The highest BCUT2D eigenvalue weighted by Crippen LogP contribution is 2.27. The molecule has 1 heterocycles. The number of nitriles is 1. The van der Waals surface area contributed by atoms with Gasteiger partial charge in [-0.1, -0.05) is 0 Å². The minimum absolute atomic E-state index is 0.0643. The smallest absolute Gasteiger partial charge is 0.269 e. The first-order valence-corrected chi connectivity index (χ1v) is 8.68. The van der Waals surface area contributed by atoms with E-state index in [4.69, 9.17) is 9.47 Å². The molecule has 0 saturated carbocycles. The van der Waals surface area contributed by atoms with Gasteiger partial charge in [-0.15, -0.1) is 0 Å². The minimum atomic E-state index is -0.567. The van der Waals surface area contributed by atoms with Gasteiger partial charge in [-0.25, -0.2) is 0 Å². The van der Waals surface area contributed by atoms with Crippen LogP contribution in [0.1, 0.15) is 23.7 Å². The fourth-order valence-corrected chi connectivity index (χ4v) is 2.81. The van der Waals surface area contributed by atoms with Crippen molar-refractivity contribution in [1.82, 2.24) is 4.57 Å². The second kappa shape index (κ2) is 9.52. The number of aromatic nitrogens is 1. The third kappa shape index (κ3) is 5.21. The average Bonchev–Trinajstić information content (AvgIpc) is 2.66. The van der Waals surface area contributed by atoms with Gasteiger partial charge in [0.15, 0.2) is 0 Å². The van der Waals surface area contributed by atoms with Gasteiger partial charge in [-0.05, 0) is 25.1 Å². The molecular weight excluding hydrogens is 376 g/mol. The Labute approximate surface area is 167 Å². The van der Waals surface area contributed by atoms with Crippen molar-refractivity contribution in [2.75, 3.05) is 24.9 Å². The van der Waals surface area contributed by atoms with Gasteiger partial charge in [0.05, 0.1) is 25.1 Å². The lowest BCUT2D eigenvalue weighted by Crippen LogP contribution is -2.31. The van der Waals surface area contributed by atoms with Crippen LogP contribution in [0.4, 0.5) is 11.4 Å². The predicted octanol–water partition coefficient (Wildman–Crippen LogP) is 1.78. The number of amides is 2. The second-order valence-electron chi connectivity index (χ2n) is 6.26. The van der Waals surface area contributed by atoms with E-state index < -0.39 is 11.5 Å². The second-order valence-corrected chi connectivity index (χ2v) is 6.26. The molecule has 2 N–H and O–H groups in total. The maximum Gasteiger partial charge on any atom is 0.269 e. The SMILES string of the molecule is COCc1cc(C)n(CC(=O)Nc2cc(OC)ccc2NC(C)=O)c(=O)c1C#N. The van der Waals surface area contributed by atoms with E-state index in [9.17, 15) is 19.6 Å². The molecular formula is C20H22N4O5. The van der Waals surface area contributed by atoms with E-state index >= 15 is 0 Å². The van der Waals surface area contributed by atoms with E-state index in [1.807, 2.05) is 6.07 Å². The Morgan fingerprint density at radius 1 is 1.17 bits per heavy atom. The lowest BCUT2D eigenvalue weighted by atomic mass is 10.1. The van der Waals surface area contributed by atoms with Crippen molar-refractivity contribution in [3.05, 3.63) is 51.4 Å². The molecule has 9 heteroatoms. The highest BCUT2D eigenvalue weighted by atomic mass is 16.5. The number of anilines is 2. The molecule has 1 aromatic heterocycles. The molecule has 9 nitrogen and oxygen atoms in total. The predicted molar refractivity (Wildman–Crippen MR) is 107 cm³/mol. The van der Waals surface area contributed by atoms with Gasteiger partial charge in [-0.2, -0.15) is 5.26 Å². The van der Waals surface area contributed by atoms with E-state index in [0.29, 0.717) is 28.4 Å². The van der Waals surface area contributed by atoms with Crippen molar-refractivity contribution in [2.45, 2.75) is 27.0 Å². The number of carbonyl (C=O) groups is 2. The fourth-order valence-electron chi connectivity index (χ4n) is 2.81. The van der Waals surface area contributed by atoms with Gasteiger partial charge in [0, 0.05) is 31.4 Å². The van der Waals surface area contributed by atoms with Crippen LogP contribution in [-0.2, 0) is 27.5 Å². The standard InChI is InChI=1S/C20H22N4O5/c1-12-7-14(11-28-3)16(9-21)20(27)24(12)10-19(26)23-18-8-15(29-4)5-6-17(18)22-13(2)25/h5-8H,10-11H2,1-4H3,(H,22,25)(H,23,26). The topological polar surface area (TPSA) is 122 Å². The van der Waals surface area contributed by atoms with Crippen LogP contribution in [0.5, 0.6) is 5.75 Å². The van der Waals surface area contributed by atoms with E-state index in [1.54, 1.807) is 31.2 Å². The third-order valence-electron chi connectivity index (χ3n) is 4.11. The number of rotatable bonds is 7. The molecule has 2 rings (SSSR count). The Bertz CT molecular complexity index is 1040. The molecule has 0 bridgehead atoms. The third-order valence-corrected chi connectivity index (χ3v) is 4.11. The zero-order chi connectivity index (χ0) is 21.6. The molecule has 0 radical (unpaired) electrons. The summed E-state index contributed by atoms with van der Waals surface area (Å²) in [5.41, 5.74) is 1.07. The molecule has 0 spiro atoms. The number of hydrogen-bond donors (Lipinski definition) is 2. The monoisotopic (exact) mass is 398 g/mol. The quantitative estimate of drug-likeness (QED) is 0.733. The number of pyridine rings is 1. The summed E-state index contributed by atoms with van der Waals surface area (Å²) in [6.07, 6.45) is 0. The van der Waals surface area contributed by atoms with Crippen molar-refractivity contribution in [3.8, 4) is 11.8 Å². The van der Waals surface area contributed by atoms with E-state index in [0.717, 1.165) is 0 Å². The average molecular weight is 398 g/mol. The number of aryl methyl sites for hydroxylation is 1. The number of carbonyl (C=O) groups excluding carboxylic acids is 2. The van der Waals surface area contributed by atoms with Crippen LogP contribution >= 0.6 is 0 Å². The summed E-state index contributed by atoms with van der Waals surface area (Å²) in [5.74, 6) is -0.318. The zero-order valence-electron chi connectivity index (χ0n) is 16.7. The molecule has 2 aromatic rings. The van der Waals surface area contributed by atoms with Gasteiger partial charge >= 0.3 is 0 Å². The molecule has 0 aliphatic rings.